The minimum Gasteiger partial charge on any atom is -0.332 e. The smallest absolute Gasteiger partial charge is 0.175 e. The summed E-state index contributed by atoms with van der Waals surface area (Å²) in [7, 11) is 0. The Morgan fingerprint density at radius 1 is 1.05 bits per heavy atom. The number of hydrogen-bond donors (Lipinski definition) is 2. The monoisotopic (exact) mass is 382 g/mol. The van der Waals surface area contributed by atoms with E-state index in [1.165, 1.54) is 14.7 Å². The van der Waals surface area contributed by atoms with E-state index in [2.05, 4.69) is 59.2 Å². The van der Waals surface area contributed by atoms with Gasteiger partial charge in [-0.3, -0.25) is 0 Å². The molecule has 0 aromatic heterocycles. The Morgan fingerprint density at radius 3 is 2.53 bits per heavy atom. The number of rotatable bonds is 2. The maximum absolute atomic E-state index is 5.34. The summed E-state index contributed by atoms with van der Waals surface area (Å²) < 4.78 is 1.18. The van der Waals surface area contributed by atoms with Crippen LogP contribution in [0.25, 0.3) is 0 Å². The van der Waals surface area contributed by atoms with E-state index in [9.17, 15) is 0 Å². The van der Waals surface area contributed by atoms with Gasteiger partial charge in [0.05, 0.1) is 0 Å². The van der Waals surface area contributed by atoms with Crippen LogP contribution < -0.4 is 10.6 Å². The zero-order chi connectivity index (χ0) is 13.8. The number of anilines is 2. The van der Waals surface area contributed by atoms with Crippen molar-refractivity contribution < 1.29 is 0 Å². The zero-order valence-electron chi connectivity index (χ0n) is 10.8. The number of thiocarbonyl (C=S) groups is 1. The van der Waals surface area contributed by atoms with Crippen molar-refractivity contribution in [2.24, 2.45) is 0 Å². The molecule has 0 aliphatic carbocycles. The van der Waals surface area contributed by atoms with Crippen LogP contribution in [0.2, 0.25) is 0 Å². The van der Waals surface area contributed by atoms with E-state index >= 15 is 0 Å². The fraction of sp³-hybridized carbons (Fsp3) is 0.133. The summed E-state index contributed by atoms with van der Waals surface area (Å²) in [6.45, 7) is 4.18. The van der Waals surface area contributed by atoms with Crippen LogP contribution in [0.1, 0.15) is 11.1 Å². The quantitative estimate of drug-likeness (QED) is 0.581. The van der Waals surface area contributed by atoms with Gasteiger partial charge in [-0.2, -0.15) is 0 Å². The average molecular weight is 382 g/mol. The van der Waals surface area contributed by atoms with Gasteiger partial charge in [0.15, 0.2) is 5.11 Å². The maximum Gasteiger partial charge on any atom is 0.175 e. The minimum atomic E-state index is 0.607. The molecule has 0 saturated carbocycles. The lowest BCUT2D eigenvalue weighted by Gasteiger charge is -2.13. The summed E-state index contributed by atoms with van der Waals surface area (Å²) in [5, 5.41) is 7.04. The second kappa shape index (κ2) is 6.34. The summed E-state index contributed by atoms with van der Waals surface area (Å²) >= 11 is 7.62. The topological polar surface area (TPSA) is 24.1 Å². The van der Waals surface area contributed by atoms with E-state index in [0.717, 1.165) is 11.4 Å². The lowest BCUT2D eigenvalue weighted by Crippen LogP contribution is -2.19. The van der Waals surface area contributed by atoms with Crippen molar-refractivity contribution in [2.45, 2.75) is 13.8 Å². The Hall–Kier alpha value is -1.14. The molecule has 2 aromatic rings. The van der Waals surface area contributed by atoms with Crippen LogP contribution in [-0.2, 0) is 0 Å². The molecule has 0 unspecified atom stereocenters. The zero-order valence-corrected chi connectivity index (χ0v) is 13.8. The molecule has 0 heterocycles. The van der Waals surface area contributed by atoms with E-state index in [1.54, 1.807) is 0 Å². The number of benzene rings is 2. The fourth-order valence-electron chi connectivity index (χ4n) is 1.74. The molecule has 2 aromatic carbocycles. The second-order valence-corrected chi connectivity index (χ2v) is 5.99. The molecular formula is C15H15IN2S. The van der Waals surface area contributed by atoms with Crippen LogP contribution in [-0.4, -0.2) is 5.11 Å². The van der Waals surface area contributed by atoms with Gasteiger partial charge in [0.1, 0.15) is 0 Å². The third-order valence-corrected chi connectivity index (χ3v) is 3.81. The van der Waals surface area contributed by atoms with Crippen molar-refractivity contribution in [3.63, 3.8) is 0 Å². The Morgan fingerprint density at radius 2 is 1.79 bits per heavy atom. The van der Waals surface area contributed by atoms with Crippen molar-refractivity contribution in [1.29, 1.82) is 0 Å². The summed E-state index contributed by atoms with van der Waals surface area (Å²) in [5.74, 6) is 0. The van der Waals surface area contributed by atoms with Gasteiger partial charge in [-0.1, -0.05) is 18.2 Å². The van der Waals surface area contributed by atoms with Gasteiger partial charge in [-0.05, 0) is 84.0 Å². The Labute approximate surface area is 132 Å². The normalized spacial score (nSPS) is 10.1. The van der Waals surface area contributed by atoms with Crippen molar-refractivity contribution in [1.82, 2.24) is 0 Å². The van der Waals surface area contributed by atoms with Crippen molar-refractivity contribution >= 4 is 51.3 Å². The Balaban J connectivity index is 2.08. The molecule has 0 fully saturated rings. The molecular weight excluding hydrogens is 367 g/mol. The highest BCUT2D eigenvalue weighted by molar-refractivity contribution is 14.1. The van der Waals surface area contributed by atoms with E-state index in [4.69, 9.17) is 12.2 Å². The first-order chi connectivity index (χ1) is 9.06. The highest BCUT2D eigenvalue weighted by Crippen LogP contribution is 2.19. The van der Waals surface area contributed by atoms with E-state index < -0.39 is 0 Å². The summed E-state index contributed by atoms with van der Waals surface area (Å²) in [4.78, 5) is 0. The molecule has 0 saturated heterocycles. The lowest BCUT2D eigenvalue weighted by atomic mass is 10.1. The lowest BCUT2D eigenvalue weighted by molar-refractivity contribution is 1.34. The predicted molar refractivity (Wildman–Crippen MR) is 94.9 cm³/mol. The molecule has 0 amide bonds. The summed E-state index contributed by atoms with van der Waals surface area (Å²) in [6, 6.07) is 14.3. The second-order valence-electron chi connectivity index (χ2n) is 4.34. The van der Waals surface area contributed by atoms with E-state index in [1.807, 2.05) is 30.3 Å². The molecule has 0 radical (unpaired) electrons. The van der Waals surface area contributed by atoms with Crippen LogP contribution in [0, 0.1) is 17.4 Å². The minimum absolute atomic E-state index is 0.607. The van der Waals surface area contributed by atoms with E-state index in [-0.39, 0.29) is 0 Å². The SMILES string of the molecule is Cc1cccc(NC(=S)Nc2cccc(I)c2)c1C. The van der Waals surface area contributed by atoms with Crippen molar-refractivity contribution in [3.05, 3.63) is 57.2 Å². The molecule has 2 N–H and O–H groups in total. The van der Waals surface area contributed by atoms with Gasteiger partial charge in [-0.25, -0.2) is 0 Å². The predicted octanol–water partition coefficient (Wildman–Crippen LogP) is 4.72. The van der Waals surface area contributed by atoms with Gasteiger partial charge in [0, 0.05) is 14.9 Å². The number of hydrogen-bond acceptors (Lipinski definition) is 1. The van der Waals surface area contributed by atoms with Gasteiger partial charge in [0.25, 0.3) is 0 Å². The van der Waals surface area contributed by atoms with Gasteiger partial charge in [-0.15, -0.1) is 0 Å². The Kier molecular flexibility index (Phi) is 4.76. The fourth-order valence-corrected chi connectivity index (χ4v) is 2.51. The number of halogens is 1. The van der Waals surface area contributed by atoms with Crippen LogP contribution in [0.15, 0.2) is 42.5 Å². The summed E-state index contributed by atoms with van der Waals surface area (Å²) in [6.07, 6.45) is 0. The van der Waals surface area contributed by atoms with E-state index in [0.29, 0.717) is 5.11 Å². The largest absolute Gasteiger partial charge is 0.332 e. The van der Waals surface area contributed by atoms with Crippen LogP contribution in [0.4, 0.5) is 11.4 Å². The van der Waals surface area contributed by atoms with Crippen molar-refractivity contribution in [2.75, 3.05) is 10.6 Å². The number of nitrogens with one attached hydrogen (secondary N) is 2. The third kappa shape index (κ3) is 3.91. The molecule has 19 heavy (non-hydrogen) atoms. The van der Waals surface area contributed by atoms with Crippen LogP contribution in [0.3, 0.4) is 0 Å². The molecule has 0 bridgehead atoms. The molecule has 0 aliphatic rings. The summed E-state index contributed by atoms with van der Waals surface area (Å²) in [5.41, 5.74) is 4.51. The standard InChI is InChI=1S/C15H15IN2S/c1-10-5-3-8-14(11(10)2)18-15(19)17-13-7-4-6-12(16)9-13/h3-9H,1-2H3,(H2,17,18,19). The molecule has 98 valence electrons. The number of aryl methyl sites for hydroxylation is 1. The molecule has 2 nitrogen and oxygen atoms in total. The first kappa shape index (κ1) is 14.3. The third-order valence-electron chi connectivity index (χ3n) is 2.94. The van der Waals surface area contributed by atoms with Crippen molar-refractivity contribution in [3.8, 4) is 0 Å². The average Bonchev–Trinajstić information content (AvgIpc) is 2.35. The highest BCUT2D eigenvalue weighted by Gasteiger charge is 2.03. The highest BCUT2D eigenvalue weighted by atomic mass is 127. The van der Waals surface area contributed by atoms with Gasteiger partial charge >= 0.3 is 0 Å². The Bertz CT molecular complexity index is 611. The van der Waals surface area contributed by atoms with Crippen LogP contribution >= 0.6 is 34.8 Å². The molecule has 4 heteroatoms. The molecule has 0 atom stereocenters. The van der Waals surface area contributed by atoms with Gasteiger partial charge < -0.3 is 10.6 Å². The first-order valence-corrected chi connectivity index (χ1v) is 7.45. The molecule has 2 rings (SSSR count). The maximum atomic E-state index is 5.34. The molecule has 0 spiro atoms. The first-order valence-electron chi connectivity index (χ1n) is 5.96. The molecule has 0 aliphatic heterocycles. The van der Waals surface area contributed by atoms with Crippen LogP contribution in [0.5, 0.6) is 0 Å². The van der Waals surface area contributed by atoms with Gasteiger partial charge in [0.2, 0.25) is 0 Å².